The van der Waals surface area contributed by atoms with Gasteiger partial charge in [-0.1, -0.05) is 0 Å². The van der Waals surface area contributed by atoms with Crippen LogP contribution in [0.3, 0.4) is 0 Å². The first kappa shape index (κ1) is 14.2. The highest BCUT2D eigenvalue weighted by molar-refractivity contribution is 5.99. The lowest BCUT2D eigenvalue weighted by Gasteiger charge is -2.17. The minimum Gasteiger partial charge on any atom is -0.494 e. The van der Waals surface area contributed by atoms with Gasteiger partial charge in [-0.15, -0.1) is 0 Å². The first-order valence-corrected chi connectivity index (χ1v) is 5.38. The van der Waals surface area contributed by atoms with Crippen molar-refractivity contribution in [3.63, 3.8) is 0 Å². The lowest BCUT2D eigenvalue weighted by molar-refractivity contribution is -0.146. The molecule has 5 heteroatoms. The average Bonchev–Trinajstić information content (AvgIpc) is 2.28. The number of ether oxygens (including phenoxy) is 1. The summed E-state index contributed by atoms with van der Waals surface area (Å²) < 4.78 is 17.9. The highest BCUT2D eigenvalue weighted by atomic mass is 19.1. The van der Waals surface area contributed by atoms with Crippen LogP contribution in [0.4, 0.5) is 4.39 Å². The lowest BCUT2D eigenvalue weighted by Crippen LogP contribution is -2.27. The maximum absolute atomic E-state index is 13.2. The van der Waals surface area contributed by atoms with E-state index in [0.29, 0.717) is 0 Å². The van der Waals surface area contributed by atoms with E-state index in [0.717, 1.165) is 6.07 Å². The molecule has 0 heterocycles. The van der Waals surface area contributed by atoms with Crippen LogP contribution in [0.25, 0.3) is 0 Å². The maximum atomic E-state index is 13.2. The number of methoxy groups -OCH3 is 1. The summed E-state index contributed by atoms with van der Waals surface area (Å²) in [4.78, 5) is 22.8. The van der Waals surface area contributed by atoms with Gasteiger partial charge in [0.1, 0.15) is 0 Å². The molecule has 0 aromatic heterocycles. The van der Waals surface area contributed by atoms with Crippen molar-refractivity contribution in [3.05, 3.63) is 29.6 Å². The standard InChI is InChI=1S/C13H15FO4/c1-13(2,12(16)17)7-10(15)8-4-5-9(14)11(6-8)18-3/h4-6H,7H2,1-3H3,(H,16,17). The van der Waals surface area contributed by atoms with Crippen LogP contribution in [0.1, 0.15) is 30.6 Å². The van der Waals surface area contributed by atoms with Crippen molar-refractivity contribution in [2.75, 3.05) is 7.11 Å². The Balaban J connectivity index is 2.95. The Kier molecular flexibility index (Phi) is 4.06. The molecule has 98 valence electrons. The second-order valence-corrected chi connectivity index (χ2v) is 4.64. The molecule has 0 unspecified atom stereocenters. The zero-order valence-corrected chi connectivity index (χ0v) is 10.5. The average molecular weight is 254 g/mol. The SMILES string of the molecule is COc1cc(C(=O)CC(C)(C)C(=O)O)ccc1F. The highest BCUT2D eigenvalue weighted by Gasteiger charge is 2.30. The van der Waals surface area contributed by atoms with Gasteiger partial charge in [0.15, 0.2) is 17.3 Å². The van der Waals surface area contributed by atoms with Gasteiger partial charge in [-0.05, 0) is 32.0 Å². The molecule has 1 aromatic carbocycles. The zero-order valence-electron chi connectivity index (χ0n) is 10.5. The van der Waals surface area contributed by atoms with Gasteiger partial charge in [-0.3, -0.25) is 9.59 Å². The number of halogens is 1. The number of carboxylic acid groups (broad SMARTS) is 1. The van der Waals surface area contributed by atoms with Gasteiger partial charge in [0, 0.05) is 12.0 Å². The van der Waals surface area contributed by atoms with Gasteiger partial charge in [-0.2, -0.15) is 0 Å². The molecule has 1 rings (SSSR count). The molecule has 0 aliphatic carbocycles. The van der Waals surface area contributed by atoms with E-state index in [-0.39, 0.29) is 23.5 Å². The van der Waals surface area contributed by atoms with Gasteiger partial charge >= 0.3 is 5.97 Å². The van der Waals surface area contributed by atoms with Crippen molar-refractivity contribution in [1.29, 1.82) is 0 Å². The van der Waals surface area contributed by atoms with Crippen molar-refractivity contribution in [3.8, 4) is 5.75 Å². The quantitative estimate of drug-likeness (QED) is 0.820. The number of hydrogen-bond donors (Lipinski definition) is 1. The number of hydrogen-bond acceptors (Lipinski definition) is 3. The Morgan fingerprint density at radius 3 is 2.50 bits per heavy atom. The maximum Gasteiger partial charge on any atom is 0.309 e. The molecular formula is C13H15FO4. The summed E-state index contributed by atoms with van der Waals surface area (Å²) >= 11 is 0. The van der Waals surface area contributed by atoms with E-state index in [1.165, 1.54) is 33.1 Å². The van der Waals surface area contributed by atoms with E-state index in [4.69, 9.17) is 9.84 Å². The Morgan fingerprint density at radius 2 is 2.00 bits per heavy atom. The first-order chi connectivity index (χ1) is 8.27. The van der Waals surface area contributed by atoms with Crippen molar-refractivity contribution in [2.24, 2.45) is 5.41 Å². The fourth-order valence-corrected chi connectivity index (χ4v) is 1.41. The number of carbonyl (C=O) groups excluding carboxylic acids is 1. The minimum atomic E-state index is -1.15. The number of benzene rings is 1. The molecule has 1 aromatic rings. The second-order valence-electron chi connectivity index (χ2n) is 4.64. The summed E-state index contributed by atoms with van der Waals surface area (Å²) in [7, 11) is 1.30. The highest BCUT2D eigenvalue weighted by Crippen LogP contribution is 2.25. The van der Waals surface area contributed by atoms with Crippen LogP contribution in [0.5, 0.6) is 5.75 Å². The van der Waals surface area contributed by atoms with Gasteiger partial charge in [-0.25, -0.2) is 4.39 Å². The molecule has 0 atom stereocenters. The van der Waals surface area contributed by atoms with E-state index in [9.17, 15) is 14.0 Å². The number of carboxylic acids is 1. The number of Topliss-reactive ketones (excluding diaryl/α,β-unsaturated/α-hetero) is 1. The molecular weight excluding hydrogens is 239 g/mol. The van der Waals surface area contributed by atoms with Crippen LogP contribution in [-0.2, 0) is 4.79 Å². The summed E-state index contributed by atoms with van der Waals surface area (Å²) in [5.74, 6) is -2.01. The fraction of sp³-hybridized carbons (Fsp3) is 0.385. The summed E-state index contributed by atoms with van der Waals surface area (Å²) in [6, 6.07) is 3.72. The van der Waals surface area contributed by atoms with E-state index < -0.39 is 17.2 Å². The Labute approximate surface area is 104 Å². The van der Waals surface area contributed by atoms with E-state index in [1.54, 1.807) is 0 Å². The molecule has 18 heavy (non-hydrogen) atoms. The lowest BCUT2D eigenvalue weighted by atomic mass is 9.86. The molecule has 1 N–H and O–H groups in total. The third kappa shape index (κ3) is 3.06. The predicted octanol–water partition coefficient (Wildman–Crippen LogP) is 2.52. The first-order valence-electron chi connectivity index (χ1n) is 5.38. The molecule has 0 radical (unpaired) electrons. The number of carbonyl (C=O) groups is 2. The summed E-state index contributed by atoms with van der Waals surface area (Å²) in [5, 5.41) is 8.95. The molecule has 0 amide bonds. The monoisotopic (exact) mass is 254 g/mol. The number of ketones is 1. The molecule has 0 saturated carbocycles. The van der Waals surface area contributed by atoms with Crippen molar-refractivity contribution in [1.82, 2.24) is 0 Å². The minimum absolute atomic E-state index is 0.0334. The van der Waals surface area contributed by atoms with Crippen LogP contribution >= 0.6 is 0 Å². The van der Waals surface area contributed by atoms with E-state index in [1.807, 2.05) is 0 Å². The van der Waals surface area contributed by atoms with E-state index in [2.05, 4.69) is 0 Å². The van der Waals surface area contributed by atoms with Crippen LogP contribution in [-0.4, -0.2) is 24.0 Å². The third-order valence-corrected chi connectivity index (χ3v) is 2.65. The van der Waals surface area contributed by atoms with Gasteiger partial charge in [0.25, 0.3) is 0 Å². The summed E-state index contributed by atoms with van der Waals surface area (Å²) in [5.41, 5.74) is -0.916. The molecule has 0 aliphatic rings. The van der Waals surface area contributed by atoms with Crippen LogP contribution < -0.4 is 4.74 Å². The summed E-state index contributed by atoms with van der Waals surface area (Å²) in [6.45, 7) is 2.93. The Morgan fingerprint density at radius 1 is 1.39 bits per heavy atom. The normalized spacial score (nSPS) is 11.1. The van der Waals surface area contributed by atoms with E-state index >= 15 is 0 Å². The Bertz CT molecular complexity index is 480. The molecule has 0 saturated heterocycles. The fourth-order valence-electron chi connectivity index (χ4n) is 1.41. The molecule has 4 nitrogen and oxygen atoms in total. The van der Waals surface area contributed by atoms with Crippen molar-refractivity contribution < 1.29 is 23.8 Å². The topological polar surface area (TPSA) is 63.6 Å². The van der Waals surface area contributed by atoms with Crippen molar-refractivity contribution >= 4 is 11.8 Å². The van der Waals surface area contributed by atoms with Gasteiger partial charge in [0.2, 0.25) is 0 Å². The molecule has 0 fully saturated rings. The molecule has 0 aliphatic heterocycles. The van der Waals surface area contributed by atoms with Crippen LogP contribution in [0.15, 0.2) is 18.2 Å². The van der Waals surface area contributed by atoms with Crippen LogP contribution in [0.2, 0.25) is 0 Å². The Hall–Kier alpha value is -1.91. The second kappa shape index (κ2) is 5.16. The van der Waals surface area contributed by atoms with Gasteiger partial charge < -0.3 is 9.84 Å². The van der Waals surface area contributed by atoms with Gasteiger partial charge in [0.05, 0.1) is 12.5 Å². The van der Waals surface area contributed by atoms with Crippen LogP contribution in [0, 0.1) is 11.2 Å². The molecule has 0 spiro atoms. The van der Waals surface area contributed by atoms with Crippen molar-refractivity contribution in [2.45, 2.75) is 20.3 Å². The third-order valence-electron chi connectivity index (χ3n) is 2.65. The predicted molar refractivity (Wildman–Crippen MR) is 63.3 cm³/mol. The number of aliphatic carboxylic acids is 1. The smallest absolute Gasteiger partial charge is 0.309 e. The zero-order chi connectivity index (χ0) is 13.9. The molecule has 0 bridgehead atoms. The largest absolute Gasteiger partial charge is 0.494 e. The number of rotatable bonds is 5. The summed E-state index contributed by atoms with van der Waals surface area (Å²) in [6.07, 6.45) is -0.156.